The molecule has 0 unspecified atom stereocenters. The minimum Gasteiger partial charge on any atom is -0.366 e. The van der Waals surface area contributed by atoms with Crippen molar-refractivity contribution in [3.05, 3.63) is 64.9 Å². The van der Waals surface area contributed by atoms with Gasteiger partial charge in [-0.3, -0.25) is 9.59 Å². The van der Waals surface area contributed by atoms with E-state index in [1.54, 1.807) is 0 Å². The van der Waals surface area contributed by atoms with Crippen LogP contribution in [0.5, 0.6) is 0 Å². The SMILES string of the molecule is Cc1ccc(C2=C(N3CCC(C)CC3)C(=O)N(c3ccc(S(N)(=O)=O)cc3)C2=O)cc1C. The molecule has 0 bridgehead atoms. The van der Waals surface area contributed by atoms with Gasteiger partial charge in [-0.15, -0.1) is 0 Å². The highest BCUT2D eigenvalue weighted by Crippen LogP contribution is 2.37. The summed E-state index contributed by atoms with van der Waals surface area (Å²) in [7, 11) is -3.87. The third-order valence-electron chi connectivity index (χ3n) is 6.38. The second-order valence-corrected chi connectivity index (χ2v) is 10.2. The number of carbonyl (C=O) groups excluding carboxylic acids is 2. The van der Waals surface area contributed by atoms with Crippen molar-refractivity contribution < 1.29 is 18.0 Å². The Morgan fingerprint density at radius 2 is 1.53 bits per heavy atom. The molecule has 2 heterocycles. The number of nitrogens with two attached hydrogens (primary N) is 1. The van der Waals surface area contributed by atoms with Crippen LogP contribution in [0.3, 0.4) is 0 Å². The second kappa shape index (κ2) is 8.18. The van der Waals surface area contributed by atoms with Crippen LogP contribution in [0.15, 0.2) is 53.1 Å². The number of rotatable bonds is 4. The zero-order chi connectivity index (χ0) is 23.2. The summed E-state index contributed by atoms with van der Waals surface area (Å²) < 4.78 is 23.2. The fraction of sp³-hybridized carbons (Fsp3) is 0.333. The number of carbonyl (C=O) groups is 2. The van der Waals surface area contributed by atoms with Crippen molar-refractivity contribution in [1.29, 1.82) is 0 Å². The van der Waals surface area contributed by atoms with Crippen LogP contribution < -0.4 is 10.0 Å². The summed E-state index contributed by atoms with van der Waals surface area (Å²) in [6.45, 7) is 7.59. The zero-order valence-corrected chi connectivity index (χ0v) is 19.3. The van der Waals surface area contributed by atoms with Crippen molar-refractivity contribution in [2.24, 2.45) is 11.1 Å². The van der Waals surface area contributed by atoms with Crippen molar-refractivity contribution in [3.63, 3.8) is 0 Å². The van der Waals surface area contributed by atoms with Gasteiger partial charge >= 0.3 is 0 Å². The lowest BCUT2D eigenvalue weighted by molar-refractivity contribution is -0.120. The Morgan fingerprint density at radius 3 is 2.09 bits per heavy atom. The number of imide groups is 1. The van der Waals surface area contributed by atoms with E-state index in [-0.39, 0.29) is 10.8 Å². The smallest absolute Gasteiger partial charge is 0.282 e. The van der Waals surface area contributed by atoms with Crippen LogP contribution >= 0.6 is 0 Å². The highest BCUT2D eigenvalue weighted by molar-refractivity contribution is 7.89. The van der Waals surface area contributed by atoms with Gasteiger partial charge in [0.2, 0.25) is 10.0 Å². The molecule has 0 atom stereocenters. The molecule has 4 rings (SSSR count). The number of primary sulfonamides is 1. The third-order valence-corrected chi connectivity index (χ3v) is 7.31. The van der Waals surface area contributed by atoms with Crippen molar-refractivity contribution >= 4 is 33.1 Å². The Kier molecular flexibility index (Phi) is 5.68. The Balaban J connectivity index is 1.80. The molecule has 0 saturated carbocycles. The summed E-state index contributed by atoms with van der Waals surface area (Å²) in [5.74, 6) is -0.220. The van der Waals surface area contributed by atoms with E-state index in [4.69, 9.17) is 5.14 Å². The molecule has 168 valence electrons. The van der Waals surface area contributed by atoms with Crippen LogP contribution in [-0.4, -0.2) is 38.2 Å². The minimum absolute atomic E-state index is 0.0760. The maximum absolute atomic E-state index is 13.6. The summed E-state index contributed by atoms with van der Waals surface area (Å²) in [5.41, 5.74) is 3.98. The minimum atomic E-state index is -3.87. The third kappa shape index (κ3) is 3.96. The predicted octanol–water partition coefficient (Wildman–Crippen LogP) is 2.97. The van der Waals surface area contributed by atoms with Crippen molar-refractivity contribution in [1.82, 2.24) is 4.90 Å². The lowest BCUT2D eigenvalue weighted by atomic mass is 9.96. The molecule has 2 aromatic rings. The summed E-state index contributed by atoms with van der Waals surface area (Å²) in [6.07, 6.45) is 1.91. The molecule has 1 saturated heterocycles. The Morgan fingerprint density at radius 1 is 0.906 bits per heavy atom. The normalized spacial score (nSPS) is 18.1. The maximum atomic E-state index is 13.6. The molecule has 2 N–H and O–H groups in total. The van der Waals surface area contributed by atoms with E-state index in [2.05, 4.69) is 6.92 Å². The number of hydrogen-bond acceptors (Lipinski definition) is 5. The molecule has 32 heavy (non-hydrogen) atoms. The molecule has 7 nitrogen and oxygen atoms in total. The van der Waals surface area contributed by atoms with E-state index in [0.29, 0.717) is 41.5 Å². The Bertz CT molecular complexity index is 1220. The average Bonchev–Trinajstić information content (AvgIpc) is 3.00. The average molecular weight is 454 g/mol. The Labute approximate surface area is 188 Å². The van der Waals surface area contributed by atoms with Gasteiger partial charge in [0.1, 0.15) is 5.70 Å². The molecule has 0 spiro atoms. The highest BCUT2D eigenvalue weighted by atomic mass is 32.2. The first-order valence-electron chi connectivity index (χ1n) is 10.7. The standard InChI is InChI=1S/C24H27N3O4S/c1-15-10-12-26(13-11-15)22-21(18-5-4-16(2)17(3)14-18)23(28)27(24(22)29)19-6-8-20(9-7-19)32(25,30)31/h4-9,14-15H,10-13H2,1-3H3,(H2,25,30,31). The fourth-order valence-corrected chi connectivity index (χ4v) is 4.74. The molecule has 0 radical (unpaired) electrons. The van der Waals surface area contributed by atoms with Crippen molar-refractivity contribution in [2.75, 3.05) is 18.0 Å². The summed E-state index contributed by atoms with van der Waals surface area (Å²) in [6, 6.07) is 11.3. The number of amides is 2. The van der Waals surface area contributed by atoms with Gasteiger partial charge in [-0.05, 0) is 73.6 Å². The molecule has 0 aromatic heterocycles. The summed E-state index contributed by atoms with van der Waals surface area (Å²) in [5, 5.41) is 5.18. The van der Waals surface area contributed by atoms with Crippen LogP contribution in [-0.2, 0) is 19.6 Å². The van der Waals surface area contributed by atoms with E-state index < -0.39 is 15.9 Å². The van der Waals surface area contributed by atoms with Crippen LogP contribution in [0.25, 0.3) is 5.57 Å². The molecular formula is C24H27N3O4S. The van der Waals surface area contributed by atoms with Crippen LogP contribution in [0.2, 0.25) is 0 Å². The molecular weight excluding hydrogens is 426 g/mol. The van der Waals surface area contributed by atoms with Gasteiger partial charge in [0.05, 0.1) is 16.2 Å². The topological polar surface area (TPSA) is 101 Å². The quantitative estimate of drug-likeness (QED) is 0.718. The first-order chi connectivity index (χ1) is 15.1. The van der Waals surface area contributed by atoms with E-state index in [0.717, 1.165) is 28.9 Å². The van der Waals surface area contributed by atoms with Crippen molar-refractivity contribution in [2.45, 2.75) is 38.5 Å². The lowest BCUT2D eigenvalue weighted by Gasteiger charge is -2.32. The number of hydrogen-bond donors (Lipinski definition) is 1. The van der Waals surface area contributed by atoms with Gasteiger partial charge in [-0.2, -0.15) is 0 Å². The van der Waals surface area contributed by atoms with Crippen LogP contribution in [0, 0.1) is 19.8 Å². The number of anilines is 1. The molecule has 2 aliphatic heterocycles. The van der Waals surface area contributed by atoms with Gasteiger partial charge in [-0.25, -0.2) is 18.5 Å². The summed E-state index contributed by atoms with van der Waals surface area (Å²) >= 11 is 0. The molecule has 0 aliphatic carbocycles. The molecule has 8 heteroatoms. The molecule has 2 aromatic carbocycles. The van der Waals surface area contributed by atoms with E-state index in [1.807, 2.05) is 36.9 Å². The number of sulfonamides is 1. The number of benzene rings is 2. The molecule has 1 fully saturated rings. The van der Waals surface area contributed by atoms with Gasteiger partial charge in [0, 0.05) is 13.1 Å². The van der Waals surface area contributed by atoms with Crippen LogP contribution in [0.4, 0.5) is 5.69 Å². The second-order valence-electron chi connectivity index (χ2n) is 8.68. The van der Waals surface area contributed by atoms with E-state index in [1.165, 1.54) is 24.3 Å². The van der Waals surface area contributed by atoms with E-state index >= 15 is 0 Å². The summed E-state index contributed by atoms with van der Waals surface area (Å²) in [4.78, 5) is 30.2. The monoisotopic (exact) mass is 453 g/mol. The first kappa shape index (κ1) is 22.2. The predicted molar refractivity (Wildman–Crippen MR) is 123 cm³/mol. The number of aryl methyl sites for hydroxylation is 2. The fourth-order valence-electron chi connectivity index (χ4n) is 4.22. The Hall–Kier alpha value is -2.97. The van der Waals surface area contributed by atoms with Crippen LogP contribution in [0.1, 0.15) is 36.5 Å². The van der Waals surface area contributed by atoms with Gasteiger partial charge in [0.15, 0.2) is 0 Å². The molecule has 2 amide bonds. The zero-order valence-electron chi connectivity index (χ0n) is 18.5. The van der Waals surface area contributed by atoms with Gasteiger partial charge in [-0.1, -0.05) is 25.1 Å². The van der Waals surface area contributed by atoms with Crippen molar-refractivity contribution in [3.8, 4) is 0 Å². The number of nitrogens with zero attached hydrogens (tertiary/aromatic N) is 2. The lowest BCUT2D eigenvalue weighted by Crippen LogP contribution is -2.38. The maximum Gasteiger partial charge on any atom is 0.282 e. The number of likely N-dealkylation sites (tertiary alicyclic amines) is 1. The molecule has 2 aliphatic rings. The van der Waals surface area contributed by atoms with Gasteiger partial charge in [0.25, 0.3) is 11.8 Å². The van der Waals surface area contributed by atoms with Gasteiger partial charge < -0.3 is 4.90 Å². The van der Waals surface area contributed by atoms with E-state index in [9.17, 15) is 18.0 Å². The largest absolute Gasteiger partial charge is 0.366 e. The highest BCUT2D eigenvalue weighted by Gasteiger charge is 2.43. The first-order valence-corrected chi connectivity index (χ1v) is 12.2. The number of piperidine rings is 1.